The smallest absolute Gasteiger partial charge is 0.000989 e. The first kappa shape index (κ1) is 12.0. The van der Waals surface area contributed by atoms with Crippen molar-refractivity contribution in [3.05, 3.63) is 0 Å². The molecule has 1 saturated carbocycles. The van der Waals surface area contributed by atoms with E-state index < -0.39 is 0 Å². The van der Waals surface area contributed by atoms with E-state index in [0.29, 0.717) is 10.8 Å². The Balaban J connectivity index is 2.10. The zero-order valence-electron chi connectivity index (χ0n) is 10.2. The number of hydrogen-bond donors (Lipinski definition) is 2. The summed E-state index contributed by atoms with van der Waals surface area (Å²) < 4.78 is 0. The predicted molar refractivity (Wildman–Crippen MR) is 62.2 cm³/mol. The molecule has 0 aliphatic heterocycles. The van der Waals surface area contributed by atoms with Crippen LogP contribution in [0.25, 0.3) is 0 Å². The summed E-state index contributed by atoms with van der Waals surface area (Å²) in [5.74, 6) is 0.841. The SMILES string of the molecule is CC1(C)C(CNCCCCN)C1(C)C. The Kier molecular flexibility index (Phi) is 3.59. The third-order valence-electron chi connectivity index (χ3n) is 4.48. The van der Waals surface area contributed by atoms with Crippen molar-refractivity contribution < 1.29 is 0 Å². The topological polar surface area (TPSA) is 38.0 Å². The van der Waals surface area contributed by atoms with E-state index in [0.717, 1.165) is 25.4 Å². The van der Waals surface area contributed by atoms with Crippen LogP contribution in [0, 0.1) is 16.7 Å². The van der Waals surface area contributed by atoms with Crippen LogP contribution in [-0.4, -0.2) is 19.6 Å². The number of nitrogens with one attached hydrogen (secondary N) is 1. The van der Waals surface area contributed by atoms with E-state index in [1.807, 2.05) is 0 Å². The average molecular weight is 198 g/mol. The molecule has 3 N–H and O–H groups in total. The third kappa shape index (κ3) is 2.12. The van der Waals surface area contributed by atoms with Crippen molar-refractivity contribution in [1.29, 1.82) is 0 Å². The van der Waals surface area contributed by atoms with E-state index in [9.17, 15) is 0 Å². The Labute approximate surface area is 88.6 Å². The molecule has 0 bridgehead atoms. The summed E-state index contributed by atoms with van der Waals surface area (Å²) in [5, 5.41) is 3.54. The molecule has 0 heterocycles. The van der Waals surface area contributed by atoms with Gasteiger partial charge in [0.2, 0.25) is 0 Å². The van der Waals surface area contributed by atoms with Crippen LogP contribution < -0.4 is 11.1 Å². The first-order valence-electron chi connectivity index (χ1n) is 5.85. The normalized spacial score (nSPS) is 23.8. The van der Waals surface area contributed by atoms with Crippen LogP contribution in [0.4, 0.5) is 0 Å². The van der Waals surface area contributed by atoms with Crippen LogP contribution in [0.3, 0.4) is 0 Å². The fraction of sp³-hybridized carbons (Fsp3) is 1.00. The summed E-state index contributed by atoms with van der Waals surface area (Å²) in [4.78, 5) is 0. The molecule has 0 spiro atoms. The molecule has 0 aromatic heterocycles. The third-order valence-corrected chi connectivity index (χ3v) is 4.48. The molecular formula is C12H26N2. The Morgan fingerprint density at radius 3 is 2.07 bits per heavy atom. The van der Waals surface area contributed by atoms with E-state index in [4.69, 9.17) is 5.73 Å². The number of hydrogen-bond acceptors (Lipinski definition) is 2. The lowest BCUT2D eigenvalue weighted by Gasteiger charge is -2.05. The zero-order chi connectivity index (χ0) is 10.8. The molecule has 0 aromatic rings. The molecule has 0 amide bonds. The summed E-state index contributed by atoms with van der Waals surface area (Å²) in [7, 11) is 0. The molecule has 0 radical (unpaired) electrons. The molecule has 0 aromatic carbocycles. The summed E-state index contributed by atoms with van der Waals surface area (Å²) in [6.07, 6.45) is 2.36. The summed E-state index contributed by atoms with van der Waals surface area (Å²) in [5.41, 5.74) is 6.48. The fourth-order valence-corrected chi connectivity index (χ4v) is 2.48. The van der Waals surface area contributed by atoms with Gasteiger partial charge < -0.3 is 11.1 Å². The lowest BCUT2D eigenvalue weighted by atomic mass is 10.0. The van der Waals surface area contributed by atoms with Crippen LogP contribution in [-0.2, 0) is 0 Å². The number of rotatable bonds is 6. The minimum Gasteiger partial charge on any atom is -0.330 e. The first-order chi connectivity index (χ1) is 6.44. The van der Waals surface area contributed by atoms with Gasteiger partial charge in [0.05, 0.1) is 0 Å². The Morgan fingerprint density at radius 1 is 1.07 bits per heavy atom. The Morgan fingerprint density at radius 2 is 1.64 bits per heavy atom. The molecule has 1 aliphatic carbocycles. The van der Waals surface area contributed by atoms with Crippen molar-refractivity contribution in [2.75, 3.05) is 19.6 Å². The number of unbranched alkanes of at least 4 members (excludes halogenated alkanes) is 1. The fourth-order valence-electron chi connectivity index (χ4n) is 2.48. The molecule has 2 heteroatoms. The van der Waals surface area contributed by atoms with Crippen molar-refractivity contribution in [1.82, 2.24) is 5.32 Å². The van der Waals surface area contributed by atoms with Crippen LogP contribution in [0.15, 0.2) is 0 Å². The largest absolute Gasteiger partial charge is 0.330 e. The Hall–Kier alpha value is -0.0800. The molecule has 0 unspecified atom stereocenters. The van der Waals surface area contributed by atoms with Crippen molar-refractivity contribution >= 4 is 0 Å². The maximum absolute atomic E-state index is 5.44. The highest BCUT2D eigenvalue weighted by atomic mass is 14.9. The summed E-state index contributed by atoms with van der Waals surface area (Å²) in [6, 6.07) is 0. The summed E-state index contributed by atoms with van der Waals surface area (Å²) in [6.45, 7) is 12.6. The van der Waals surface area contributed by atoms with E-state index >= 15 is 0 Å². The second kappa shape index (κ2) is 4.19. The van der Waals surface area contributed by atoms with Gasteiger partial charge in [-0.05, 0) is 49.2 Å². The molecule has 0 saturated heterocycles. The van der Waals surface area contributed by atoms with Crippen LogP contribution in [0.1, 0.15) is 40.5 Å². The predicted octanol–water partition coefficient (Wildman–Crippen LogP) is 2.00. The molecule has 1 aliphatic rings. The molecule has 0 atom stereocenters. The minimum absolute atomic E-state index is 0.522. The molecule has 2 nitrogen and oxygen atoms in total. The summed E-state index contributed by atoms with van der Waals surface area (Å²) >= 11 is 0. The molecule has 1 fully saturated rings. The lowest BCUT2D eigenvalue weighted by molar-refractivity contribution is 0.457. The van der Waals surface area contributed by atoms with Crippen molar-refractivity contribution in [2.45, 2.75) is 40.5 Å². The number of nitrogens with two attached hydrogens (primary N) is 1. The van der Waals surface area contributed by atoms with E-state index in [1.54, 1.807) is 0 Å². The highest BCUT2D eigenvalue weighted by Crippen LogP contribution is 2.67. The first-order valence-corrected chi connectivity index (χ1v) is 5.85. The second-order valence-corrected chi connectivity index (χ2v) is 5.70. The van der Waals surface area contributed by atoms with Crippen LogP contribution >= 0.6 is 0 Å². The maximum atomic E-state index is 5.44. The van der Waals surface area contributed by atoms with Gasteiger partial charge in [-0.15, -0.1) is 0 Å². The van der Waals surface area contributed by atoms with Gasteiger partial charge in [-0.2, -0.15) is 0 Å². The molecule has 84 valence electrons. The van der Waals surface area contributed by atoms with Gasteiger partial charge in [0.1, 0.15) is 0 Å². The van der Waals surface area contributed by atoms with Gasteiger partial charge in [0, 0.05) is 0 Å². The van der Waals surface area contributed by atoms with Gasteiger partial charge in [0.25, 0.3) is 0 Å². The maximum Gasteiger partial charge on any atom is -0.000989 e. The highest BCUT2D eigenvalue weighted by molar-refractivity contribution is 5.12. The van der Waals surface area contributed by atoms with Gasteiger partial charge in [-0.3, -0.25) is 0 Å². The van der Waals surface area contributed by atoms with Crippen LogP contribution in [0.5, 0.6) is 0 Å². The van der Waals surface area contributed by atoms with E-state index in [-0.39, 0.29) is 0 Å². The van der Waals surface area contributed by atoms with Crippen molar-refractivity contribution in [3.63, 3.8) is 0 Å². The van der Waals surface area contributed by atoms with Gasteiger partial charge in [-0.1, -0.05) is 27.7 Å². The van der Waals surface area contributed by atoms with Crippen LogP contribution in [0.2, 0.25) is 0 Å². The molecule has 1 rings (SSSR count). The monoisotopic (exact) mass is 198 g/mol. The average Bonchev–Trinajstić information content (AvgIpc) is 2.46. The highest BCUT2D eigenvalue weighted by Gasteiger charge is 2.63. The van der Waals surface area contributed by atoms with Gasteiger partial charge in [-0.25, -0.2) is 0 Å². The van der Waals surface area contributed by atoms with E-state index in [1.165, 1.54) is 13.0 Å². The van der Waals surface area contributed by atoms with E-state index in [2.05, 4.69) is 33.0 Å². The standard InChI is InChI=1S/C12H26N2/c1-11(2)10(12(11,3)4)9-14-8-6-5-7-13/h10,14H,5-9,13H2,1-4H3. The van der Waals surface area contributed by atoms with Gasteiger partial charge in [0.15, 0.2) is 0 Å². The Bertz CT molecular complexity index is 171. The van der Waals surface area contributed by atoms with Crippen molar-refractivity contribution in [2.24, 2.45) is 22.5 Å². The second-order valence-electron chi connectivity index (χ2n) is 5.70. The zero-order valence-corrected chi connectivity index (χ0v) is 10.2. The molecule has 14 heavy (non-hydrogen) atoms. The molecular weight excluding hydrogens is 172 g/mol. The quantitative estimate of drug-likeness (QED) is 0.641. The lowest BCUT2D eigenvalue weighted by Crippen LogP contribution is -2.21. The van der Waals surface area contributed by atoms with Crippen molar-refractivity contribution in [3.8, 4) is 0 Å². The minimum atomic E-state index is 0.522. The van der Waals surface area contributed by atoms with Gasteiger partial charge >= 0.3 is 0 Å².